The van der Waals surface area contributed by atoms with E-state index in [0.29, 0.717) is 13.1 Å². The summed E-state index contributed by atoms with van der Waals surface area (Å²) < 4.78 is 1.66. The molecule has 1 fully saturated rings. The van der Waals surface area contributed by atoms with Gasteiger partial charge in [-0.1, -0.05) is 0 Å². The van der Waals surface area contributed by atoms with Gasteiger partial charge in [0.2, 0.25) is 0 Å². The van der Waals surface area contributed by atoms with Crippen molar-refractivity contribution in [3.8, 4) is 0 Å². The molecule has 1 N–H and O–H groups in total. The zero-order valence-electron chi connectivity index (χ0n) is 12.3. The summed E-state index contributed by atoms with van der Waals surface area (Å²) in [5.41, 5.74) is 0.725. The molecular formula is C14H15N7OS. The zero-order valence-corrected chi connectivity index (χ0v) is 13.1. The number of nitrogens with zero attached hydrogens (tertiary/aromatic N) is 6. The lowest BCUT2D eigenvalue weighted by atomic mass is 10.3. The van der Waals surface area contributed by atoms with E-state index in [0.717, 1.165) is 29.6 Å². The van der Waals surface area contributed by atoms with E-state index in [2.05, 4.69) is 25.5 Å². The lowest BCUT2D eigenvalue weighted by Gasteiger charge is -2.35. The number of rotatable bonds is 2. The van der Waals surface area contributed by atoms with Crippen molar-refractivity contribution in [2.75, 3.05) is 36.4 Å². The second-order valence-corrected chi connectivity index (χ2v) is 6.15. The normalized spacial score (nSPS) is 15.1. The molecule has 0 spiro atoms. The summed E-state index contributed by atoms with van der Waals surface area (Å²) in [5, 5.41) is 18.0. The van der Waals surface area contributed by atoms with Crippen molar-refractivity contribution in [3.05, 3.63) is 36.0 Å². The van der Waals surface area contributed by atoms with Gasteiger partial charge in [0.05, 0.1) is 5.00 Å². The minimum absolute atomic E-state index is 0.0469. The number of piperazine rings is 1. The van der Waals surface area contributed by atoms with Crippen molar-refractivity contribution < 1.29 is 4.79 Å². The average Bonchev–Trinajstić information content (AvgIpc) is 3.25. The number of fused-ring (bicyclic) bond motifs is 1. The number of thiophene rings is 1. The Hall–Kier alpha value is -2.68. The van der Waals surface area contributed by atoms with Crippen LogP contribution in [-0.4, -0.2) is 56.9 Å². The molecule has 1 aliphatic heterocycles. The van der Waals surface area contributed by atoms with E-state index < -0.39 is 0 Å². The maximum atomic E-state index is 12.2. The molecule has 9 heteroatoms. The average molecular weight is 329 g/mol. The second-order valence-electron chi connectivity index (χ2n) is 5.21. The molecule has 0 aliphatic carbocycles. The van der Waals surface area contributed by atoms with E-state index in [9.17, 15) is 4.79 Å². The standard InChI is InChI=1S/C14H15N7OS/c22-14(16-13-2-1-9-23-13)20-7-5-19(6-8-20)12-4-3-11-17-15-10-21(11)18-12/h1-4,9-10H,5-8H2,(H,16,22). The molecule has 118 valence electrons. The van der Waals surface area contributed by atoms with Crippen LogP contribution in [0, 0.1) is 0 Å². The number of urea groups is 1. The Balaban J connectivity index is 1.39. The maximum absolute atomic E-state index is 12.2. The molecule has 3 aromatic heterocycles. The van der Waals surface area contributed by atoms with Crippen molar-refractivity contribution in [1.29, 1.82) is 0 Å². The van der Waals surface area contributed by atoms with Crippen molar-refractivity contribution >= 4 is 33.8 Å². The van der Waals surface area contributed by atoms with E-state index in [1.54, 1.807) is 10.8 Å². The molecular weight excluding hydrogens is 314 g/mol. The number of amides is 2. The molecule has 1 saturated heterocycles. The van der Waals surface area contributed by atoms with E-state index in [-0.39, 0.29) is 6.03 Å². The molecule has 8 nitrogen and oxygen atoms in total. The number of anilines is 2. The van der Waals surface area contributed by atoms with Crippen molar-refractivity contribution in [2.45, 2.75) is 0 Å². The summed E-state index contributed by atoms with van der Waals surface area (Å²) in [6.45, 7) is 2.83. The SMILES string of the molecule is O=C(Nc1cccs1)N1CCN(c2ccc3nncn3n2)CC1. The van der Waals surface area contributed by atoms with Crippen LogP contribution >= 0.6 is 11.3 Å². The van der Waals surface area contributed by atoms with Gasteiger partial charge in [-0.3, -0.25) is 5.32 Å². The molecule has 0 bridgehead atoms. The van der Waals surface area contributed by atoms with Gasteiger partial charge in [-0.25, -0.2) is 4.79 Å². The topological polar surface area (TPSA) is 78.7 Å². The van der Waals surface area contributed by atoms with Crippen LogP contribution in [0.1, 0.15) is 0 Å². The summed E-state index contributed by atoms with van der Waals surface area (Å²) in [5.74, 6) is 0.871. The quantitative estimate of drug-likeness (QED) is 0.771. The Labute approximate surface area is 136 Å². The Kier molecular flexibility index (Phi) is 3.54. The van der Waals surface area contributed by atoms with Crippen LogP contribution in [-0.2, 0) is 0 Å². The molecule has 3 aromatic rings. The number of hydrogen-bond donors (Lipinski definition) is 1. The highest BCUT2D eigenvalue weighted by Crippen LogP contribution is 2.17. The predicted octanol–water partition coefficient (Wildman–Crippen LogP) is 1.54. The third-order valence-electron chi connectivity index (χ3n) is 3.79. The lowest BCUT2D eigenvalue weighted by molar-refractivity contribution is 0.208. The highest BCUT2D eigenvalue weighted by Gasteiger charge is 2.22. The maximum Gasteiger partial charge on any atom is 0.322 e. The number of carbonyl (C=O) groups excluding carboxylic acids is 1. The fourth-order valence-electron chi connectivity index (χ4n) is 2.56. The monoisotopic (exact) mass is 329 g/mol. The fraction of sp³-hybridized carbons (Fsp3) is 0.286. The summed E-state index contributed by atoms with van der Waals surface area (Å²) in [7, 11) is 0. The molecule has 0 saturated carbocycles. The van der Waals surface area contributed by atoms with Crippen LogP contribution in [0.15, 0.2) is 36.0 Å². The van der Waals surface area contributed by atoms with Gasteiger partial charge < -0.3 is 9.80 Å². The number of aromatic nitrogens is 4. The third kappa shape index (κ3) is 2.82. The second kappa shape index (κ2) is 5.84. The van der Waals surface area contributed by atoms with Crippen LogP contribution in [0.4, 0.5) is 15.6 Å². The molecule has 4 rings (SSSR count). The molecule has 2 amide bonds. The third-order valence-corrected chi connectivity index (χ3v) is 4.58. The van der Waals surface area contributed by atoms with Crippen LogP contribution < -0.4 is 10.2 Å². The van der Waals surface area contributed by atoms with Gasteiger partial charge in [-0.15, -0.1) is 26.6 Å². The largest absolute Gasteiger partial charge is 0.352 e. The minimum atomic E-state index is -0.0469. The first-order chi connectivity index (χ1) is 11.3. The van der Waals surface area contributed by atoms with Crippen molar-refractivity contribution in [2.24, 2.45) is 0 Å². The molecule has 0 radical (unpaired) electrons. The van der Waals surface area contributed by atoms with Crippen LogP contribution in [0.2, 0.25) is 0 Å². The Morgan fingerprint density at radius 1 is 1.17 bits per heavy atom. The van der Waals surface area contributed by atoms with Gasteiger partial charge in [0, 0.05) is 26.2 Å². The summed E-state index contributed by atoms with van der Waals surface area (Å²) in [6.07, 6.45) is 1.59. The smallest absolute Gasteiger partial charge is 0.322 e. The highest BCUT2D eigenvalue weighted by atomic mass is 32.1. The van der Waals surface area contributed by atoms with Crippen LogP contribution in [0.3, 0.4) is 0 Å². The van der Waals surface area contributed by atoms with Gasteiger partial charge in [-0.05, 0) is 29.6 Å². The first kappa shape index (κ1) is 13.9. The Morgan fingerprint density at radius 3 is 2.83 bits per heavy atom. The lowest BCUT2D eigenvalue weighted by Crippen LogP contribution is -2.50. The van der Waals surface area contributed by atoms with E-state index >= 15 is 0 Å². The number of hydrogen-bond acceptors (Lipinski definition) is 6. The van der Waals surface area contributed by atoms with E-state index in [4.69, 9.17) is 0 Å². The van der Waals surface area contributed by atoms with Crippen LogP contribution in [0.25, 0.3) is 5.65 Å². The minimum Gasteiger partial charge on any atom is -0.352 e. The first-order valence-corrected chi connectivity index (χ1v) is 8.19. The summed E-state index contributed by atoms with van der Waals surface area (Å²) in [6, 6.07) is 7.60. The molecule has 0 unspecified atom stereocenters. The fourth-order valence-corrected chi connectivity index (χ4v) is 3.17. The number of nitrogens with one attached hydrogen (secondary N) is 1. The Bertz CT molecular complexity index is 808. The first-order valence-electron chi connectivity index (χ1n) is 7.31. The van der Waals surface area contributed by atoms with Crippen molar-refractivity contribution in [1.82, 2.24) is 24.7 Å². The summed E-state index contributed by atoms with van der Waals surface area (Å²) >= 11 is 1.52. The molecule has 23 heavy (non-hydrogen) atoms. The van der Waals surface area contributed by atoms with Crippen molar-refractivity contribution in [3.63, 3.8) is 0 Å². The predicted molar refractivity (Wildman–Crippen MR) is 87.9 cm³/mol. The van der Waals surface area contributed by atoms with E-state index in [1.165, 1.54) is 11.3 Å². The zero-order chi connectivity index (χ0) is 15.6. The van der Waals surface area contributed by atoms with Gasteiger partial charge in [-0.2, -0.15) is 4.52 Å². The molecule has 0 aromatic carbocycles. The molecule has 4 heterocycles. The Morgan fingerprint density at radius 2 is 2.04 bits per heavy atom. The molecule has 0 atom stereocenters. The van der Waals surface area contributed by atoms with E-state index in [1.807, 2.05) is 34.5 Å². The van der Waals surface area contributed by atoms with Gasteiger partial charge in [0.25, 0.3) is 0 Å². The van der Waals surface area contributed by atoms with Gasteiger partial charge in [0.15, 0.2) is 5.65 Å². The number of carbonyl (C=O) groups is 1. The van der Waals surface area contributed by atoms with Gasteiger partial charge in [0.1, 0.15) is 12.1 Å². The van der Waals surface area contributed by atoms with Gasteiger partial charge >= 0.3 is 6.03 Å². The van der Waals surface area contributed by atoms with Crippen LogP contribution in [0.5, 0.6) is 0 Å². The summed E-state index contributed by atoms with van der Waals surface area (Å²) in [4.78, 5) is 16.2. The molecule has 1 aliphatic rings. The highest BCUT2D eigenvalue weighted by molar-refractivity contribution is 7.14.